The summed E-state index contributed by atoms with van der Waals surface area (Å²) in [5, 5.41) is 8.87. The second-order valence-corrected chi connectivity index (χ2v) is 7.13. The molecular weight excluding hydrogens is 313 g/mol. The van der Waals surface area contributed by atoms with Gasteiger partial charge in [0.05, 0.1) is 6.54 Å². The van der Waals surface area contributed by atoms with Crippen molar-refractivity contribution in [1.29, 1.82) is 0 Å². The first kappa shape index (κ1) is 19.8. The third kappa shape index (κ3) is 8.28. The number of carbonyl (C=O) groups is 1. The Morgan fingerprint density at radius 2 is 1.70 bits per heavy atom. The highest BCUT2D eigenvalue weighted by Crippen LogP contribution is 2.35. The normalized spacial score (nSPS) is 12.7. The van der Waals surface area contributed by atoms with Crippen LogP contribution in [-0.2, 0) is 11.0 Å². The van der Waals surface area contributed by atoms with Crippen molar-refractivity contribution in [3.8, 4) is 0 Å². The molecule has 1 atom stereocenters. The number of anilines is 1. The van der Waals surface area contributed by atoms with Gasteiger partial charge in [0.2, 0.25) is 0 Å². The minimum absolute atomic E-state index is 0.0629. The molecule has 1 aromatic rings. The Bertz CT molecular complexity index is 470. The van der Waals surface area contributed by atoms with Crippen LogP contribution in [0.2, 0.25) is 0 Å². The van der Waals surface area contributed by atoms with Crippen molar-refractivity contribution in [2.75, 3.05) is 44.7 Å². The topological polar surface area (TPSA) is 90.0 Å². The highest BCUT2D eigenvalue weighted by molar-refractivity contribution is 7.50. The summed E-state index contributed by atoms with van der Waals surface area (Å²) < 4.78 is 0. The minimum atomic E-state index is -1.11. The molecule has 0 aliphatic heterocycles. The van der Waals surface area contributed by atoms with Crippen molar-refractivity contribution in [2.45, 2.75) is 20.0 Å². The molecule has 0 aliphatic carbocycles. The number of carboxylic acids is 1. The number of carboxylic acid groups (broad SMARTS) is 1. The summed E-state index contributed by atoms with van der Waals surface area (Å²) in [6.45, 7) is 7.09. The molecule has 7 heteroatoms. The van der Waals surface area contributed by atoms with Crippen LogP contribution in [0.1, 0.15) is 19.4 Å². The monoisotopic (exact) mass is 341 g/mol. The van der Waals surface area contributed by atoms with E-state index in [9.17, 15) is 9.69 Å². The summed E-state index contributed by atoms with van der Waals surface area (Å²) in [4.78, 5) is 25.2. The molecule has 0 aromatic heterocycles. The first-order chi connectivity index (χ1) is 10.9. The lowest BCUT2D eigenvalue weighted by molar-refractivity contribution is -0.138. The molecule has 0 radical (unpaired) electrons. The van der Waals surface area contributed by atoms with E-state index in [1.807, 2.05) is 36.1 Å². The summed E-state index contributed by atoms with van der Waals surface area (Å²) in [7, 11) is -1.11. The van der Waals surface area contributed by atoms with E-state index in [0.29, 0.717) is 25.5 Å². The molecule has 1 rings (SSSR count). The van der Waals surface area contributed by atoms with Gasteiger partial charge in [-0.2, -0.15) is 0 Å². The molecule has 1 aromatic carbocycles. The molecule has 0 saturated carbocycles. The average molecular weight is 341 g/mol. The van der Waals surface area contributed by atoms with Crippen molar-refractivity contribution in [1.82, 2.24) is 9.80 Å². The Hall–Kier alpha value is -1.20. The Morgan fingerprint density at radius 1 is 1.13 bits per heavy atom. The quantitative estimate of drug-likeness (QED) is 0.420. The number of rotatable bonds is 11. The van der Waals surface area contributed by atoms with E-state index >= 15 is 0 Å². The van der Waals surface area contributed by atoms with E-state index in [1.54, 1.807) is 0 Å². The summed E-state index contributed by atoms with van der Waals surface area (Å²) in [6.07, 6.45) is 1.29. The number of benzene rings is 1. The van der Waals surface area contributed by atoms with E-state index in [4.69, 9.17) is 10.8 Å². The molecule has 0 spiro atoms. The van der Waals surface area contributed by atoms with Crippen molar-refractivity contribution >= 4 is 19.8 Å². The predicted molar refractivity (Wildman–Crippen MR) is 95.6 cm³/mol. The second kappa shape index (κ2) is 10.6. The number of nitrogens with two attached hydrogens (primary N) is 1. The van der Waals surface area contributed by atoms with E-state index in [0.717, 1.165) is 24.3 Å². The zero-order valence-electron chi connectivity index (χ0n) is 14.0. The Kier molecular flexibility index (Phi) is 9.10. The van der Waals surface area contributed by atoms with Crippen molar-refractivity contribution in [3.05, 3.63) is 29.8 Å². The van der Waals surface area contributed by atoms with Crippen LogP contribution in [0.25, 0.3) is 0 Å². The summed E-state index contributed by atoms with van der Waals surface area (Å²) in [5.74, 6) is -0.803. The van der Waals surface area contributed by atoms with Crippen LogP contribution in [0.5, 0.6) is 0 Å². The number of hydrogen-bond acceptors (Lipinski definition) is 5. The molecular formula is C16H28N3O3P. The molecule has 130 valence electrons. The number of nitrogens with zero attached hydrogens (tertiary/aromatic N) is 2. The first-order valence-corrected chi connectivity index (χ1v) is 9.55. The van der Waals surface area contributed by atoms with Gasteiger partial charge in [-0.05, 0) is 30.8 Å². The van der Waals surface area contributed by atoms with Crippen LogP contribution in [-0.4, -0.2) is 64.8 Å². The Morgan fingerprint density at radius 3 is 2.22 bits per heavy atom. The lowest BCUT2D eigenvalue weighted by atomic mass is 10.2. The molecule has 0 saturated heterocycles. The van der Waals surface area contributed by atoms with E-state index in [1.165, 1.54) is 0 Å². The van der Waals surface area contributed by atoms with Gasteiger partial charge in [0.1, 0.15) is 0 Å². The van der Waals surface area contributed by atoms with Gasteiger partial charge in [0.25, 0.3) is 0 Å². The van der Waals surface area contributed by atoms with Crippen LogP contribution in [0, 0.1) is 0 Å². The molecule has 0 heterocycles. The molecule has 0 aliphatic rings. The Balaban J connectivity index is 2.41. The van der Waals surface area contributed by atoms with Gasteiger partial charge < -0.3 is 15.7 Å². The summed E-state index contributed by atoms with van der Waals surface area (Å²) >= 11 is 0. The number of likely N-dealkylation sites (N-methyl/N-ethyl adjacent to an activating group) is 2. The van der Waals surface area contributed by atoms with Gasteiger partial charge in [0, 0.05) is 39.4 Å². The van der Waals surface area contributed by atoms with Crippen LogP contribution in [0.3, 0.4) is 0 Å². The molecule has 4 N–H and O–H groups in total. The highest BCUT2D eigenvalue weighted by Gasteiger charge is 2.13. The fraction of sp³-hybridized carbons (Fsp3) is 0.562. The standard InChI is InChI=1S/C16H28N3O3P/c1-3-18(11-16(20)21)9-10-19(4-2)13-23(22)12-14-5-7-15(17)8-6-14/h5-8,22H,3-4,9-13,17H2,1-2H3,(H,20,21). The summed E-state index contributed by atoms with van der Waals surface area (Å²) in [5.41, 5.74) is 7.48. The van der Waals surface area contributed by atoms with Crippen molar-refractivity contribution in [3.63, 3.8) is 0 Å². The molecule has 0 bridgehead atoms. The minimum Gasteiger partial charge on any atom is -0.480 e. The van der Waals surface area contributed by atoms with Gasteiger partial charge in [0.15, 0.2) is 0 Å². The maximum Gasteiger partial charge on any atom is 0.317 e. The zero-order valence-corrected chi connectivity index (χ0v) is 14.9. The van der Waals surface area contributed by atoms with Crippen molar-refractivity contribution in [2.24, 2.45) is 0 Å². The lowest BCUT2D eigenvalue weighted by Gasteiger charge is -2.26. The van der Waals surface area contributed by atoms with E-state index in [-0.39, 0.29) is 6.54 Å². The number of nitrogen functional groups attached to an aromatic ring is 1. The maximum absolute atomic E-state index is 10.8. The Labute approximate surface area is 139 Å². The van der Waals surface area contributed by atoms with Gasteiger partial charge in [-0.1, -0.05) is 26.0 Å². The largest absolute Gasteiger partial charge is 0.480 e. The predicted octanol–water partition coefficient (Wildman–Crippen LogP) is 1.84. The van der Waals surface area contributed by atoms with Gasteiger partial charge in [-0.15, -0.1) is 0 Å². The SMILES string of the molecule is CCN(CCN(CC)CP(O)Cc1ccc(N)cc1)CC(=O)O. The zero-order chi connectivity index (χ0) is 17.2. The van der Waals surface area contributed by atoms with Crippen LogP contribution in [0.4, 0.5) is 5.69 Å². The van der Waals surface area contributed by atoms with Crippen molar-refractivity contribution < 1.29 is 14.8 Å². The number of aliphatic carboxylic acids is 1. The fourth-order valence-electron chi connectivity index (χ4n) is 2.27. The molecule has 23 heavy (non-hydrogen) atoms. The van der Waals surface area contributed by atoms with Crippen LogP contribution in [0.15, 0.2) is 24.3 Å². The lowest BCUT2D eigenvalue weighted by Crippen LogP contribution is -2.37. The number of hydrogen-bond donors (Lipinski definition) is 3. The van der Waals surface area contributed by atoms with Gasteiger partial charge in [-0.25, -0.2) is 0 Å². The van der Waals surface area contributed by atoms with Gasteiger partial charge >= 0.3 is 5.97 Å². The molecule has 0 fully saturated rings. The first-order valence-electron chi connectivity index (χ1n) is 7.89. The second-order valence-electron chi connectivity index (χ2n) is 5.52. The molecule has 0 amide bonds. The highest BCUT2D eigenvalue weighted by atomic mass is 31.1. The van der Waals surface area contributed by atoms with Crippen LogP contribution < -0.4 is 5.73 Å². The maximum atomic E-state index is 10.8. The van der Waals surface area contributed by atoms with E-state index in [2.05, 4.69) is 11.8 Å². The third-order valence-electron chi connectivity index (χ3n) is 3.69. The average Bonchev–Trinajstić information content (AvgIpc) is 2.51. The summed E-state index contributed by atoms with van der Waals surface area (Å²) in [6, 6.07) is 7.59. The third-order valence-corrected chi connectivity index (χ3v) is 5.15. The molecule has 6 nitrogen and oxygen atoms in total. The van der Waals surface area contributed by atoms with E-state index < -0.39 is 14.1 Å². The van der Waals surface area contributed by atoms with Crippen LogP contribution >= 0.6 is 8.15 Å². The smallest absolute Gasteiger partial charge is 0.317 e. The van der Waals surface area contributed by atoms with Gasteiger partial charge in [-0.3, -0.25) is 14.6 Å². The molecule has 1 unspecified atom stereocenters. The fourth-order valence-corrected chi connectivity index (χ4v) is 3.80.